The molecule has 2 atom stereocenters. The Bertz CT molecular complexity index is 1560. The highest BCUT2D eigenvalue weighted by Crippen LogP contribution is 2.32. The number of hydrogen-bond donors (Lipinski definition) is 2. The van der Waals surface area contributed by atoms with Crippen molar-refractivity contribution in [1.29, 1.82) is 5.26 Å². The second-order valence-electron chi connectivity index (χ2n) is 11.0. The molecule has 2 N–H and O–H groups in total. The minimum Gasteiger partial charge on any atom is -0.493 e. The number of piperazine rings is 1. The molecule has 3 aliphatic heterocycles. The smallest absolute Gasteiger partial charge is 0.248 e. The number of nitriles is 1. The molecule has 0 aliphatic carbocycles. The molecule has 2 aromatic heterocycles. The number of alkyl halides is 1. The van der Waals surface area contributed by atoms with Crippen molar-refractivity contribution in [2.24, 2.45) is 0 Å². The quantitative estimate of drug-likeness (QED) is 0.354. The molecule has 6 rings (SSSR count). The van der Waals surface area contributed by atoms with Crippen molar-refractivity contribution in [2.75, 3.05) is 76.4 Å². The van der Waals surface area contributed by atoms with E-state index in [1.54, 1.807) is 31.5 Å². The van der Waals surface area contributed by atoms with Crippen molar-refractivity contribution in [3.05, 3.63) is 42.4 Å². The lowest BCUT2D eigenvalue weighted by molar-refractivity contribution is -0.138. The zero-order chi connectivity index (χ0) is 31.3. The fourth-order valence-corrected chi connectivity index (χ4v) is 5.62. The Kier molecular flexibility index (Phi) is 9.15. The lowest BCUT2D eigenvalue weighted by Crippen LogP contribution is -2.56. The molecule has 0 saturated carbocycles. The van der Waals surface area contributed by atoms with Crippen LogP contribution >= 0.6 is 0 Å². The van der Waals surface area contributed by atoms with Gasteiger partial charge in [0.05, 0.1) is 50.4 Å². The maximum atomic E-state index is 14.8. The van der Waals surface area contributed by atoms with Crippen LogP contribution in [0.2, 0.25) is 0 Å². The largest absolute Gasteiger partial charge is 0.493 e. The van der Waals surface area contributed by atoms with Crippen LogP contribution in [0, 0.1) is 11.3 Å². The average molecular weight is 620 g/mol. The van der Waals surface area contributed by atoms with Gasteiger partial charge in [-0.15, -0.1) is 0 Å². The first-order valence-corrected chi connectivity index (χ1v) is 14.8. The summed E-state index contributed by atoms with van der Waals surface area (Å²) in [4.78, 5) is 35.3. The van der Waals surface area contributed by atoms with Gasteiger partial charge in [-0.25, -0.2) is 19.3 Å². The zero-order valence-corrected chi connectivity index (χ0v) is 24.8. The van der Waals surface area contributed by atoms with Gasteiger partial charge in [0, 0.05) is 50.8 Å². The number of aliphatic hydroxyl groups is 1. The Balaban J connectivity index is 1.12. The summed E-state index contributed by atoms with van der Waals surface area (Å²) in [6.45, 7) is 4.59. The Morgan fingerprint density at radius 1 is 1.16 bits per heavy atom. The molecule has 14 nitrogen and oxygen atoms in total. The number of nitrogens with zero attached hydrogens (tertiary/aromatic N) is 8. The van der Waals surface area contributed by atoms with Crippen molar-refractivity contribution < 1.29 is 28.5 Å². The van der Waals surface area contributed by atoms with Crippen LogP contribution in [-0.2, 0) is 9.53 Å². The zero-order valence-electron chi connectivity index (χ0n) is 24.8. The summed E-state index contributed by atoms with van der Waals surface area (Å²) in [5.41, 5.74) is 1.37. The van der Waals surface area contributed by atoms with Crippen LogP contribution in [0.1, 0.15) is 12.0 Å². The van der Waals surface area contributed by atoms with Gasteiger partial charge in [-0.2, -0.15) is 10.2 Å². The van der Waals surface area contributed by atoms with Gasteiger partial charge in [0.1, 0.15) is 30.9 Å². The standard InChI is InChI=1S/C30H34FN9O5/c1-43-26-11-21(13-33-29(26)39-8-6-38(7-9-39)22-16-44-17-22)36-30-35-18-34-28(37-30)19-2-3-24(20(10-19)12-32)45-25-4-5-40(14-23(25)31)27(42)15-41/h2-3,10-11,13,18,22-23,25,41H,4-9,14-17H2,1H3,(H,34,35,36,37)/t23-,25+/m1/s1. The van der Waals surface area contributed by atoms with Crippen molar-refractivity contribution in [3.63, 3.8) is 0 Å². The monoisotopic (exact) mass is 619 g/mol. The Morgan fingerprint density at radius 2 is 1.98 bits per heavy atom. The number of benzene rings is 1. The van der Waals surface area contributed by atoms with Crippen molar-refractivity contribution in [2.45, 2.75) is 24.7 Å². The molecule has 236 valence electrons. The second-order valence-corrected chi connectivity index (χ2v) is 11.0. The van der Waals surface area contributed by atoms with Gasteiger partial charge >= 0.3 is 0 Å². The normalized spacial score (nSPS) is 20.7. The lowest BCUT2D eigenvalue weighted by atomic mass is 10.0. The number of likely N-dealkylation sites (tertiary alicyclic amines) is 1. The van der Waals surface area contributed by atoms with Crippen LogP contribution in [-0.4, -0.2) is 125 Å². The number of carbonyl (C=O) groups is 1. The molecular formula is C30H34FN9O5. The lowest BCUT2D eigenvalue weighted by Gasteiger charge is -2.43. The Hall–Kier alpha value is -4.65. The van der Waals surface area contributed by atoms with Crippen LogP contribution in [0.3, 0.4) is 0 Å². The van der Waals surface area contributed by atoms with Crippen molar-refractivity contribution >= 4 is 23.4 Å². The van der Waals surface area contributed by atoms with Gasteiger partial charge in [0.2, 0.25) is 11.9 Å². The first kappa shape index (κ1) is 30.4. The highest BCUT2D eigenvalue weighted by atomic mass is 19.1. The molecule has 0 unspecified atom stereocenters. The minimum atomic E-state index is -1.46. The SMILES string of the molecule is COc1cc(Nc2ncnc(-c3ccc(O[C@H]4CCN(C(=O)CO)C[C@H]4F)c(C#N)c3)n2)cnc1N1CCN(C2COC2)CC1. The van der Waals surface area contributed by atoms with E-state index in [0.717, 1.165) is 45.2 Å². The summed E-state index contributed by atoms with van der Waals surface area (Å²) in [5.74, 6) is 1.70. The van der Waals surface area contributed by atoms with Crippen LogP contribution in [0.25, 0.3) is 11.4 Å². The molecule has 3 aliphatic rings. The van der Waals surface area contributed by atoms with E-state index in [1.807, 2.05) is 6.07 Å². The number of halogens is 1. The number of hydrogen-bond acceptors (Lipinski definition) is 13. The third-order valence-electron chi connectivity index (χ3n) is 8.24. The summed E-state index contributed by atoms with van der Waals surface area (Å²) in [5, 5.41) is 22.0. The molecule has 3 aromatic rings. The number of pyridine rings is 1. The van der Waals surface area contributed by atoms with E-state index in [1.165, 1.54) is 11.2 Å². The molecule has 1 amide bonds. The molecule has 0 bridgehead atoms. The van der Waals surface area contributed by atoms with Gasteiger partial charge in [0.25, 0.3) is 0 Å². The van der Waals surface area contributed by atoms with Gasteiger partial charge in [-0.05, 0) is 18.2 Å². The molecule has 0 radical (unpaired) electrons. The van der Waals surface area contributed by atoms with Gasteiger partial charge in [-0.3, -0.25) is 9.69 Å². The summed E-state index contributed by atoms with van der Waals surface area (Å²) in [7, 11) is 1.61. The highest BCUT2D eigenvalue weighted by molar-refractivity contribution is 5.77. The molecule has 0 spiro atoms. The second kappa shape index (κ2) is 13.6. The number of nitrogens with one attached hydrogen (secondary N) is 1. The van der Waals surface area contributed by atoms with Crippen molar-refractivity contribution in [3.8, 4) is 29.0 Å². The van der Waals surface area contributed by atoms with Gasteiger partial charge < -0.3 is 34.4 Å². The molecule has 5 heterocycles. The van der Waals surface area contributed by atoms with Gasteiger partial charge in [0.15, 0.2) is 23.6 Å². The van der Waals surface area contributed by atoms with Crippen LogP contribution < -0.4 is 19.7 Å². The summed E-state index contributed by atoms with van der Waals surface area (Å²) < 4.78 is 31.6. The van der Waals surface area contributed by atoms with Crippen LogP contribution in [0.4, 0.5) is 21.8 Å². The third kappa shape index (κ3) is 6.72. The molecule has 45 heavy (non-hydrogen) atoms. The van der Waals surface area contributed by atoms with E-state index < -0.39 is 24.8 Å². The first-order valence-electron chi connectivity index (χ1n) is 14.8. The molecule has 1 aromatic carbocycles. The summed E-state index contributed by atoms with van der Waals surface area (Å²) in [6, 6.07) is 9.29. The van der Waals surface area contributed by atoms with E-state index in [0.29, 0.717) is 28.9 Å². The summed E-state index contributed by atoms with van der Waals surface area (Å²) in [6.07, 6.45) is 1.01. The Morgan fingerprint density at radius 3 is 2.67 bits per heavy atom. The van der Waals surface area contributed by atoms with E-state index in [2.05, 4.69) is 41.1 Å². The van der Waals surface area contributed by atoms with Gasteiger partial charge in [-0.1, -0.05) is 0 Å². The molecule has 3 fully saturated rings. The number of aliphatic hydroxyl groups excluding tert-OH is 1. The summed E-state index contributed by atoms with van der Waals surface area (Å²) >= 11 is 0. The number of ether oxygens (including phenoxy) is 3. The number of anilines is 3. The number of methoxy groups -OCH3 is 1. The predicted molar refractivity (Wildman–Crippen MR) is 160 cm³/mol. The minimum absolute atomic E-state index is 0.178. The van der Waals surface area contributed by atoms with Crippen molar-refractivity contribution in [1.82, 2.24) is 29.7 Å². The number of amides is 1. The average Bonchev–Trinajstić information content (AvgIpc) is 3.05. The predicted octanol–water partition coefficient (Wildman–Crippen LogP) is 1.39. The molecule has 15 heteroatoms. The van der Waals surface area contributed by atoms with E-state index >= 15 is 0 Å². The van der Waals surface area contributed by atoms with Crippen LogP contribution in [0.15, 0.2) is 36.8 Å². The Labute approximate surface area is 259 Å². The first-order chi connectivity index (χ1) is 21.9. The van der Waals surface area contributed by atoms with E-state index in [-0.39, 0.29) is 36.8 Å². The van der Waals surface area contributed by atoms with Crippen LogP contribution in [0.5, 0.6) is 11.5 Å². The number of carbonyl (C=O) groups excluding carboxylic acids is 1. The maximum Gasteiger partial charge on any atom is 0.248 e. The fourth-order valence-electron chi connectivity index (χ4n) is 5.62. The molecular weight excluding hydrogens is 585 g/mol. The topological polar surface area (TPSA) is 162 Å². The highest BCUT2D eigenvalue weighted by Gasteiger charge is 2.33. The number of piperidine rings is 1. The number of aromatic nitrogens is 4. The van der Waals surface area contributed by atoms with E-state index in [4.69, 9.17) is 19.3 Å². The fraction of sp³-hybridized carbons (Fsp3) is 0.467. The third-order valence-corrected chi connectivity index (χ3v) is 8.24. The number of rotatable bonds is 9. The maximum absolute atomic E-state index is 14.8. The molecule has 3 saturated heterocycles. The van der Waals surface area contributed by atoms with E-state index in [9.17, 15) is 14.4 Å².